The van der Waals surface area contributed by atoms with Gasteiger partial charge in [0.15, 0.2) is 0 Å². The van der Waals surface area contributed by atoms with Crippen LogP contribution >= 0.6 is 11.3 Å². The van der Waals surface area contributed by atoms with Gasteiger partial charge in [0.1, 0.15) is 18.7 Å². The van der Waals surface area contributed by atoms with E-state index in [1.807, 2.05) is 36.4 Å². The molecule has 1 heterocycles. The number of thiophene rings is 1. The fraction of sp³-hybridized carbons (Fsp3) is 0.240. The fourth-order valence-electron chi connectivity index (χ4n) is 4.07. The summed E-state index contributed by atoms with van der Waals surface area (Å²) in [5.74, 6) is -1.83. The number of rotatable bonds is 8. The molecule has 0 fully saturated rings. The lowest BCUT2D eigenvalue weighted by Gasteiger charge is -2.21. The van der Waals surface area contributed by atoms with Gasteiger partial charge in [-0.3, -0.25) is 4.79 Å². The van der Waals surface area contributed by atoms with Crippen LogP contribution in [0.4, 0.5) is 4.79 Å². The van der Waals surface area contributed by atoms with Crippen LogP contribution in [-0.2, 0) is 14.3 Å². The van der Waals surface area contributed by atoms with E-state index in [9.17, 15) is 19.5 Å². The number of alkyl carbamates (subject to hydrolysis) is 1. The molecule has 0 radical (unpaired) electrons. The number of aliphatic carboxylic acids is 1. The van der Waals surface area contributed by atoms with Crippen LogP contribution in [0.15, 0.2) is 66.0 Å². The Morgan fingerprint density at radius 1 is 0.970 bits per heavy atom. The summed E-state index contributed by atoms with van der Waals surface area (Å²) in [7, 11) is 0. The van der Waals surface area contributed by atoms with Crippen molar-refractivity contribution in [1.29, 1.82) is 0 Å². The summed E-state index contributed by atoms with van der Waals surface area (Å²) in [5, 5.41) is 16.1. The van der Waals surface area contributed by atoms with Crippen molar-refractivity contribution in [3.05, 3.63) is 82.0 Å². The van der Waals surface area contributed by atoms with Crippen molar-refractivity contribution < 1.29 is 24.2 Å². The number of fused-ring (bicyclic) bond motifs is 3. The predicted molar refractivity (Wildman–Crippen MR) is 125 cm³/mol. The van der Waals surface area contributed by atoms with Crippen molar-refractivity contribution >= 4 is 29.3 Å². The second-order valence-electron chi connectivity index (χ2n) is 7.73. The maximum Gasteiger partial charge on any atom is 0.408 e. The second kappa shape index (κ2) is 9.87. The zero-order chi connectivity index (χ0) is 23.4. The van der Waals surface area contributed by atoms with Gasteiger partial charge in [0, 0.05) is 10.8 Å². The summed E-state index contributed by atoms with van der Waals surface area (Å²) >= 11 is 1.29. The Bertz CT molecular complexity index is 1120. The van der Waals surface area contributed by atoms with E-state index in [4.69, 9.17) is 4.74 Å². The molecule has 1 aliphatic carbocycles. The zero-order valence-corrected chi connectivity index (χ0v) is 18.8. The molecule has 3 aromatic rings. The molecule has 1 aliphatic rings. The first-order chi connectivity index (χ1) is 16.0. The highest BCUT2D eigenvalue weighted by atomic mass is 32.1. The SMILES string of the molecule is CC[C@H](NC(=O)C(NC(=O)OCC1c2ccccc2-c2ccccc21)c1cccs1)C(=O)O. The molecule has 1 aromatic heterocycles. The Morgan fingerprint density at radius 2 is 1.61 bits per heavy atom. The molecule has 0 saturated heterocycles. The van der Waals surface area contributed by atoms with Gasteiger partial charge >= 0.3 is 12.1 Å². The molecule has 0 spiro atoms. The molecule has 4 rings (SSSR count). The Kier molecular flexibility index (Phi) is 6.74. The fourth-order valence-corrected chi connectivity index (χ4v) is 4.85. The number of hydrogen-bond acceptors (Lipinski definition) is 5. The maximum atomic E-state index is 12.8. The monoisotopic (exact) mass is 464 g/mol. The summed E-state index contributed by atoms with van der Waals surface area (Å²) in [6.07, 6.45) is -0.516. The number of carbonyl (C=O) groups is 3. The first kappa shape index (κ1) is 22.5. The summed E-state index contributed by atoms with van der Waals surface area (Å²) in [5.41, 5.74) is 4.42. The Balaban J connectivity index is 1.46. The number of carboxylic acids is 1. The van der Waals surface area contributed by atoms with Crippen molar-refractivity contribution in [2.75, 3.05) is 6.61 Å². The van der Waals surface area contributed by atoms with Crippen molar-refractivity contribution in [2.45, 2.75) is 31.3 Å². The number of ether oxygens (including phenoxy) is 1. The Morgan fingerprint density at radius 3 is 2.15 bits per heavy atom. The van der Waals surface area contributed by atoms with Crippen LogP contribution in [0.2, 0.25) is 0 Å². The van der Waals surface area contributed by atoms with Gasteiger partial charge < -0.3 is 20.5 Å². The molecular formula is C25H24N2O5S. The minimum atomic E-state index is -1.13. The Hall–Kier alpha value is -3.65. The van der Waals surface area contributed by atoms with Gasteiger partial charge in [-0.2, -0.15) is 0 Å². The molecule has 0 bridgehead atoms. The standard InChI is InChI=1S/C25H24N2O5S/c1-2-20(24(29)30)26-23(28)22(21-12-7-13-33-21)27-25(31)32-14-19-17-10-5-3-8-15(17)16-9-4-6-11-18(16)19/h3-13,19-20,22H,2,14H2,1H3,(H,26,28)(H,27,31)(H,29,30)/t20-,22?/m0/s1. The number of hydrogen-bond donors (Lipinski definition) is 3. The van der Waals surface area contributed by atoms with Gasteiger partial charge in [0.2, 0.25) is 5.91 Å². The first-order valence-corrected chi connectivity index (χ1v) is 11.6. The smallest absolute Gasteiger partial charge is 0.408 e. The molecule has 1 unspecified atom stereocenters. The third-order valence-corrected chi connectivity index (χ3v) is 6.66. The van der Waals surface area contributed by atoms with Crippen LogP contribution in [0.3, 0.4) is 0 Å². The quantitative estimate of drug-likeness (QED) is 0.461. The molecule has 2 aromatic carbocycles. The van der Waals surface area contributed by atoms with Crippen LogP contribution < -0.4 is 10.6 Å². The molecule has 8 heteroatoms. The van der Waals surface area contributed by atoms with E-state index < -0.39 is 30.1 Å². The molecule has 2 amide bonds. The predicted octanol–water partition coefficient (Wildman–Crippen LogP) is 4.31. The average molecular weight is 465 g/mol. The van der Waals surface area contributed by atoms with E-state index in [1.54, 1.807) is 24.4 Å². The second-order valence-corrected chi connectivity index (χ2v) is 8.71. The van der Waals surface area contributed by atoms with Crippen LogP contribution in [0.25, 0.3) is 11.1 Å². The minimum absolute atomic E-state index is 0.103. The summed E-state index contributed by atoms with van der Waals surface area (Å²) in [6.45, 7) is 1.78. The number of carbonyl (C=O) groups excluding carboxylic acids is 2. The summed E-state index contributed by atoms with van der Waals surface area (Å²) < 4.78 is 5.56. The van der Waals surface area contributed by atoms with Crippen molar-refractivity contribution in [2.24, 2.45) is 0 Å². The molecule has 0 saturated carbocycles. The molecule has 2 atom stereocenters. The molecule has 0 aliphatic heterocycles. The highest BCUT2D eigenvalue weighted by molar-refractivity contribution is 7.10. The van der Waals surface area contributed by atoms with E-state index in [-0.39, 0.29) is 18.9 Å². The van der Waals surface area contributed by atoms with E-state index >= 15 is 0 Å². The van der Waals surface area contributed by atoms with Crippen LogP contribution in [-0.4, -0.2) is 35.7 Å². The van der Waals surface area contributed by atoms with E-state index in [0.29, 0.717) is 4.88 Å². The van der Waals surface area contributed by atoms with Gasteiger partial charge in [0.05, 0.1) is 0 Å². The lowest BCUT2D eigenvalue weighted by atomic mass is 9.98. The average Bonchev–Trinajstić information content (AvgIpc) is 3.46. The van der Waals surface area contributed by atoms with E-state index in [2.05, 4.69) is 22.8 Å². The topological polar surface area (TPSA) is 105 Å². The largest absolute Gasteiger partial charge is 0.480 e. The lowest BCUT2D eigenvalue weighted by Crippen LogP contribution is -2.47. The van der Waals surface area contributed by atoms with Crippen LogP contribution in [0.5, 0.6) is 0 Å². The molecule has 3 N–H and O–H groups in total. The summed E-state index contributed by atoms with van der Waals surface area (Å²) in [4.78, 5) is 37.4. The van der Waals surface area contributed by atoms with E-state index in [1.165, 1.54) is 11.3 Å². The van der Waals surface area contributed by atoms with Crippen LogP contribution in [0.1, 0.15) is 41.3 Å². The van der Waals surface area contributed by atoms with Gasteiger partial charge in [-0.15, -0.1) is 11.3 Å². The van der Waals surface area contributed by atoms with Gasteiger partial charge in [-0.25, -0.2) is 9.59 Å². The molecule has 33 heavy (non-hydrogen) atoms. The number of carboxylic acid groups (broad SMARTS) is 1. The lowest BCUT2D eigenvalue weighted by molar-refractivity contribution is -0.142. The van der Waals surface area contributed by atoms with Gasteiger partial charge in [0.25, 0.3) is 0 Å². The third kappa shape index (κ3) is 4.75. The maximum absolute atomic E-state index is 12.8. The van der Waals surface area contributed by atoms with Crippen LogP contribution in [0, 0.1) is 0 Å². The van der Waals surface area contributed by atoms with Crippen molar-refractivity contribution in [3.63, 3.8) is 0 Å². The molecule has 7 nitrogen and oxygen atoms in total. The first-order valence-electron chi connectivity index (χ1n) is 10.7. The Labute approximate surface area is 195 Å². The number of amides is 2. The highest BCUT2D eigenvalue weighted by Gasteiger charge is 2.31. The third-order valence-electron chi connectivity index (χ3n) is 5.72. The minimum Gasteiger partial charge on any atom is -0.480 e. The van der Waals surface area contributed by atoms with Gasteiger partial charge in [-0.1, -0.05) is 61.5 Å². The molecule has 170 valence electrons. The van der Waals surface area contributed by atoms with Gasteiger partial charge in [-0.05, 0) is 40.1 Å². The van der Waals surface area contributed by atoms with E-state index in [0.717, 1.165) is 22.3 Å². The number of benzene rings is 2. The molecular weight excluding hydrogens is 440 g/mol. The number of nitrogens with one attached hydrogen (secondary N) is 2. The zero-order valence-electron chi connectivity index (χ0n) is 18.0. The normalized spacial score (nSPS) is 14.0. The van der Waals surface area contributed by atoms with Crippen molar-refractivity contribution in [3.8, 4) is 11.1 Å². The highest BCUT2D eigenvalue weighted by Crippen LogP contribution is 2.44. The summed E-state index contributed by atoms with van der Waals surface area (Å²) in [6, 6.07) is 17.4. The van der Waals surface area contributed by atoms with Crippen molar-refractivity contribution in [1.82, 2.24) is 10.6 Å².